The van der Waals surface area contributed by atoms with Crippen LogP contribution >= 0.6 is 11.3 Å². The summed E-state index contributed by atoms with van der Waals surface area (Å²) in [5.41, 5.74) is 6.42. The first-order chi connectivity index (χ1) is 11.2. The van der Waals surface area contributed by atoms with Gasteiger partial charge in [0.25, 0.3) is 0 Å². The normalized spacial score (nSPS) is 11.5. The van der Waals surface area contributed by atoms with Crippen LogP contribution in [0.2, 0.25) is 0 Å². The summed E-state index contributed by atoms with van der Waals surface area (Å²) in [6.45, 7) is 9.73. The van der Waals surface area contributed by atoms with E-state index in [-0.39, 0.29) is 0 Å². The Hall–Kier alpha value is -1.72. The molecule has 0 fully saturated rings. The molecule has 1 heterocycles. The number of nitrogens with zero attached hydrogens (tertiary/aromatic N) is 3. The number of aromatic nitrogens is 1. The number of rotatable bonds is 9. The van der Waals surface area contributed by atoms with Crippen LogP contribution in [0.4, 0.5) is 5.13 Å². The fourth-order valence-corrected chi connectivity index (χ4v) is 2.90. The van der Waals surface area contributed by atoms with E-state index in [9.17, 15) is 0 Å². The van der Waals surface area contributed by atoms with E-state index < -0.39 is 0 Å². The summed E-state index contributed by atoms with van der Waals surface area (Å²) in [6, 6.07) is 8.59. The second kappa shape index (κ2) is 9.43. The molecule has 1 aromatic carbocycles. The zero-order valence-corrected chi connectivity index (χ0v) is 15.1. The number of nitrogens with one attached hydrogen (secondary N) is 1. The monoisotopic (exact) mass is 330 g/mol. The smallest absolute Gasteiger partial charge is 0.203 e. The highest BCUT2D eigenvalue weighted by Gasteiger charge is 2.03. The predicted octanol–water partition coefficient (Wildman–Crippen LogP) is 4.52. The van der Waals surface area contributed by atoms with Gasteiger partial charge in [0.2, 0.25) is 5.13 Å². The van der Waals surface area contributed by atoms with Crippen molar-refractivity contribution in [2.24, 2.45) is 5.10 Å². The quantitative estimate of drug-likeness (QED) is 0.543. The number of hydrazone groups is 1. The van der Waals surface area contributed by atoms with Crippen LogP contribution in [0, 0.1) is 6.92 Å². The zero-order valence-electron chi connectivity index (χ0n) is 14.2. The number of unbranched alkanes of at least 4 members (excludes halogenated alkanes) is 1. The van der Waals surface area contributed by atoms with Gasteiger partial charge >= 0.3 is 0 Å². The lowest BCUT2D eigenvalue weighted by Crippen LogP contribution is -2.23. The fourth-order valence-electron chi connectivity index (χ4n) is 2.27. The van der Waals surface area contributed by atoms with E-state index in [0.717, 1.165) is 29.5 Å². The van der Waals surface area contributed by atoms with Crippen LogP contribution in [0.3, 0.4) is 0 Å². The van der Waals surface area contributed by atoms with E-state index in [1.165, 1.54) is 24.9 Å². The largest absolute Gasteiger partial charge is 0.299 e. The molecule has 0 spiro atoms. The van der Waals surface area contributed by atoms with Crippen molar-refractivity contribution in [1.29, 1.82) is 0 Å². The van der Waals surface area contributed by atoms with E-state index in [0.29, 0.717) is 0 Å². The van der Waals surface area contributed by atoms with Gasteiger partial charge in [-0.05, 0) is 37.6 Å². The fraction of sp³-hybridized carbons (Fsp3) is 0.444. The molecule has 0 saturated carbocycles. The van der Waals surface area contributed by atoms with Crippen LogP contribution in [0.25, 0.3) is 0 Å². The van der Waals surface area contributed by atoms with Crippen molar-refractivity contribution in [1.82, 2.24) is 9.88 Å². The Kier molecular flexibility index (Phi) is 7.23. The maximum Gasteiger partial charge on any atom is 0.203 e. The molecule has 0 aliphatic heterocycles. The average Bonchev–Trinajstić information content (AvgIpc) is 2.98. The molecule has 4 nitrogen and oxygen atoms in total. The first-order valence-corrected chi connectivity index (χ1v) is 9.11. The van der Waals surface area contributed by atoms with Crippen molar-refractivity contribution in [2.45, 2.75) is 40.2 Å². The van der Waals surface area contributed by atoms with Gasteiger partial charge in [0.1, 0.15) is 0 Å². The Morgan fingerprint density at radius 3 is 2.65 bits per heavy atom. The first-order valence-electron chi connectivity index (χ1n) is 8.23. The first kappa shape index (κ1) is 17.6. The molecule has 23 heavy (non-hydrogen) atoms. The van der Waals surface area contributed by atoms with E-state index in [1.54, 1.807) is 11.3 Å². The van der Waals surface area contributed by atoms with Gasteiger partial charge in [0, 0.05) is 11.9 Å². The van der Waals surface area contributed by atoms with Gasteiger partial charge in [-0.2, -0.15) is 5.10 Å². The summed E-state index contributed by atoms with van der Waals surface area (Å²) in [7, 11) is 0. The van der Waals surface area contributed by atoms with Crippen molar-refractivity contribution in [3.63, 3.8) is 0 Å². The standard InChI is InChI=1S/C18H26N4S/c1-4-6-11-22(5-2)13-17-9-7-16(8-10-17)12-19-21-18-20-15(3)14-23-18/h7-10,12,14H,4-6,11,13H2,1-3H3,(H,20,21). The molecule has 0 radical (unpaired) electrons. The lowest BCUT2D eigenvalue weighted by atomic mass is 10.1. The number of thiazole rings is 1. The van der Waals surface area contributed by atoms with Gasteiger partial charge in [-0.3, -0.25) is 10.3 Å². The third-order valence-electron chi connectivity index (χ3n) is 3.65. The molecular formula is C18H26N4S. The van der Waals surface area contributed by atoms with Crippen molar-refractivity contribution in [2.75, 3.05) is 18.5 Å². The maximum atomic E-state index is 4.31. The molecule has 2 aromatic rings. The predicted molar refractivity (Wildman–Crippen MR) is 100 cm³/mol. The van der Waals surface area contributed by atoms with Crippen molar-refractivity contribution < 1.29 is 0 Å². The van der Waals surface area contributed by atoms with Crippen LogP contribution < -0.4 is 5.43 Å². The SMILES string of the molecule is CCCCN(CC)Cc1ccc(C=NNc2nc(C)cs2)cc1. The van der Waals surface area contributed by atoms with Crippen molar-refractivity contribution in [3.8, 4) is 0 Å². The molecule has 0 atom stereocenters. The van der Waals surface area contributed by atoms with Crippen molar-refractivity contribution in [3.05, 3.63) is 46.5 Å². The van der Waals surface area contributed by atoms with Crippen LogP contribution in [-0.4, -0.2) is 29.2 Å². The number of aryl methyl sites for hydroxylation is 1. The molecular weight excluding hydrogens is 304 g/mol. The zero-order chi connectivity index (χ0) is 16.5. The highest BCUT2D eigenvalue weighted by molar-refractivity contribution is 7.13. The van der Waals surface area contributed by atoms with Gasteiger partial charge in [-0.25, -0.2) is 4.98 Å². The number of hydrogen-bond donors (Lipinski definition) is 1. The van der Waals surface area contributed by atoms with Crippen LogP contribution in [-0.2, 0) is 6.54 Å². The number of benzene rings is 1. The minimum absolute atomic E-state index is 0.824. The third kappa shape index (κ3) is 6.12. The Labute approximate surface area is 143 Å². The Bertz CT molecular complexity index is 604. The van der Waals surface area contributed by atoms with Crippen LogP contribution in [0.15, 0.2) is 34.7 Å². The van der Waals surface area contributed by atoms with E-state index >= 15 is 0 Å². The highest BCUT2D eigenvalue weighted by Crippen LogP contribution is 2.14. The highest BCUT2D eigenvalue weighted by atomic mass is 32.1. The lowest BCUT2D eigenvalue weighted by molar-refractivity contribution is 0.275. The summed E-state index contributed by atoms with van der Waals surface area (Å²) < 4.78 is 0. The Balaban J connectivity index is 1.86. The Morgan fingerprint density at radius 2 is 2.04 bits per heavy atom. The molecule has 0 bridgehead atoms. The molecule has 1 aromatic heterocycles. The molecule has 0 amide bonds. The summed E-state index contributed by atoms with van der Waals surface area (Å²) in [5.74, 6) is 0. The topological polar surface area (TPSA) is 40.5 Å². The van der Waals surface area contributed by atoms with E-state index in [4.69, 9.17) is 0 Å². The minimum Gasteiger partial charge on any atom is -0.299 e. The molecule has 0 saturated heterocycles. The summed E-state index contributed by atoms with van der Waals surface area (Å²) in [6.07, 6.45) is 4.34. The van der Waals surface area contributed by atoms with Crippen LogP contribution in [0.1, 0.15) is 43.5 Å². The van der Waals surface area contributed by atoms with E-state index in [2.05, 4.69) is 58.5 Å². The van der Waals surface area contributed by atoms with Gasteiger partial charge in [-0.1, -0.05) is 44.5 Å². The Morgan fingerprint density at radius 1 is 1.26 bits per heavy atom. The molecule has 0 aliphatic carbocycles. The maximum absolute atomic E-state index is 4.31. The summed E-state index contributed by atoms with van der Waals surface area (Å²) in [5, 5.41) is 7.06. The summed E-state index contributed by atoms with van der Waals surface area (Å²) in [4.78, 5) is 6.80. The lowest BCUT2D eigenvalue weighted by Gasteiger charge is -2.20. The molecule has 2 rings (SSSR count). The summed E-state index contributed by atoms with van der Waals surface area (Å²) >= 11 is 1.56. The number of anilines is 1. The van der Waals surface area contributed by atoms with E-state index in [1.807, 2.05) is 18.5 Å². The second-order valence-corrected chi connectivity index (χ2v) is 6.49. The molecule has 0 aliphatic rings. The minimum atomic E-state index is 0.824. The second-order valence-electron chi connectivity index (χ2n) is 5.63. The van der Waals surface area contributed by atoms with Gasteiger partial charge < -0.3 is 0 Å². The van der Waals surface area contributed by atoms with Crippen molar-refractivity contribution >= 4 is 22.7 Å². The third-order valence-corrected chi connectivity index (χ3v) is 4.52. The molecule has 1 N–H and O–H groups in total. The molecule has 5 heteroatoms. The van der Waals surface area contributed by atoms with Gasteiger partial charge in [0.05, 0.1) is 11.9 Å². The van der Waals surface area contributed by atoms with Gasteiger partial charge in [-0.15, -0.1) is 11.3 Å². The molecule has 124 valence electrons. The van der Waals surface area contributed by atoms with Gasteiger partial charge in [0.15, 0.2) is 0 Å². The average molecular weight is 331 g/mol. The van der Waals surface area contributed by atoms with Crippen LogP contribution in [0.5, 0.6) is 0 Å². The molecule has 0 unspecified atom stereocenters. The number of hydrogen-bond acceptors (Lipinski definition) is 5.